The maximum Gasteiger partial charge on any atom is 0.262 e. The molecule has 0 radical (unpaired) electrons. The molecule has 1 unspecified atom stereocenters. The lowest BCUT2D eigenvalue weighted by molar-refractivity contribution is -0.136. The third-order valence-corrected chi connectivity index (χ3v) is 5.60. The van der Waals surface area contributed by atoms with Gasteiger partial charge >= 0.3 is 0 Å². The Labute approximate surface area is 180 Å². The van der Waals surface area contributed by atoms with E-state index in [9.17, 15) is 19.2 Å². The lowest BCUT2D eigenvalue weighted by atomic mass is 10.0. The van der Waals surface area contributed by atoms with Crippen LogP contribution in [-0.4, -0.2) is 41.6 Å². The van der Waals surface area contributed by atoms with Gasteiger partial charge in [-0.3, -0.25) is 29.4 Å². The van der Waals surface area contributed by atoms with E-state index in [1.807, 2.05) is 7.05 Å². The molecular formula is C23H24N4O4. The van der Waals surface area contributed by atoms with E-state index in [1.54, 1.807) is 18.2 Å². The zero-order valence-corrected chi connectivity index (χ0v) is 17.2. The predicted molar refractivity (Wildman–Crippen MR) is 113 cm³/mol. The number of fused-ring (bicyclic) bond motifs is 1. The third-order valence-electron chi connectivity index (χ3n) is 5.60. The van der Waals surface area contributed by atoms with Crippen molar-refractivity contribution < 1.29 is 19.2 Å². The van der Waals surface area contributed by atoms with E-state index in [2.05, 4.69) is 40.2 Å². The van der Waals surface area contributed by atoms with Gasteiger partial charge in [0, 0.05) is 26.1 Å². The number of hydrogen-bond donors (Lipinski definition) is 3. The van der Waals surface area contributed by atoms with Crippen LogP contribution in [0.5, 0.6) is 0 Å². The standard InChI is InChI=1S/C23H24N4O4/c1-24-11-14-5-7-15(8-6-14)12-25-13-16-3-2-4-17-20(16)23(31)27(22(17)30)18-9-10-19(28)26-21(18)29/h2-8,18,24-25H,9-13H2,1H3,(H,26,28,29). The molecule has 0 aliphatic carbocycles. The smallest absolute Gasteiger partial charge is 0.262 e. The highest BCUT2D eigenvalue weighted by Crippen LogP contribution is 2.29. The number of nitrogens with one attached hydrogen (secondary N) is 3. The van der Waals surface area contributed by atoms with Crippen molar-refractivity contribution >= 4 is 23.6 Å². The largest absolute Gasteiger partial charge is 0.316 e. The Morgan fingerprint density at radius 1 is 0.935 bits per heavy atom. The first kappa shape index (κ1) is 20.9. The molecule has 2 aromatic rings. The SMILES string of the molecule is CNCc1ccc(CNCc2cccc3c2C(=O)N(C2CCC(=O)NC2=O)C3=O)cc1. The highest BCUT2D eigenvalue weighted by atomic mass is 16.2. The molecule has 4 rings (SSSR count). The van der Waals surface area contributed by atoms with Crippen molar-refractivity contribution in [1.29, 1.82) is 0 Å². The van der Waals surface area contributed by atoms with Crippen molar-refractivity contribution in [2.45, 2.75) is 38.5 Å². The van der Waals surface area contributed by atoms with E-state index >= 15 is 0 Å². The summed E-state index contributed by atoms with van der Waals surface area (Å²) in [6.45, 7) is 1.83. The number of hydrogen-bond acceptors (Lipinski definition) is 6. The minimum atomic E-state index is -0.956. The van der Waals surface area contributed by atoms with Crippen molar-refractivity contribution in [2.75, 3.05) is 7.05 Å². The van der Waals surface area contributed by atoms with E-state index in [-0.39, 0.29) is 18.7 Å². The van der Waals surface area contributed by atoms with E-state index < -0.39 is 23.8 Å². The Bertz CT molecular complexity index is 1050. The molecule has 8 nitrogen and oxygen atoms in total. The Kier molecular flexibility index (Phi) is 5.92. The second kappa shape index (κ2) is 8.79. The van der Waals surface area contributed by atoms with Gasteiger partial charge in [0.25, 0.3) is 11.8 Å². The first-order valence-corrected chi connectivity index (χ1v) is 10.3. The average Bonchev–Trinajstić information content (AvgIpc) is 3.01. The van der Waals surface area contributed by atoms with Gasteiger partial charge in [-0.15, -0.1) is 0 Å². The van der Waals surface area contributed by atoms with Crippen LogP contribution in [0, 0.1) is 0 Å². The van der Waals surface area contributed by atoms with Crippen molar-refractivity contribution in [1.82, 2.24) is 20.9 Å². The van der Waals surface area contributed by atoms with Gasteiger partial charge < -0.3 is 10.6 Å². The maximum atomic E-state index is 13.1. The first-order chi connectivity index (χ1) is 15.0. The molecule has 8 heteroatoms. The van der Waals surface area contributed by atoms with Crippen LogP contribution in [-0.2, 0) is 29.2 Å². The van der Waals surface area contributed by atoms with Crippen LogP contribution in [0.4, 0.5) is 0 Å². The molecule has 0 spiro atoms. The van der Waals surface area contributed by atoms with E-state index in [0.717, 1.165) is 17.0 Å². The summed E-state index contributed by atoms with van der Waals surface area (Å²) >= 11 is 0. The quantitative estimate of drug-likeness (QED) is 0.579. The molecular weight excluding hydrogens is 396 g/mol. The fourth-order valence-electron chi connectivity index (χ4n) is 4.05. The molecule has 2 heterocycles. The zero-order chi connectivity index (χ0) is 22.0. The van der Waals surface area contributed by atoms with Gasteiger partial charge in [0.1, 0.15) is 6.04 Å². The monoisotopic (exact) mass is 420 g/mol. The summed E-state index contributed by atoms with van der Waals surface area (Å²) in [7, 11) is 1.90. The third kappa shape index (κ3) is 4.12. The predicted octanol–water partition coefficient (Wildman–Crippen LogP) is 1.10. The van der Waals surface area contributed by atoms with Gasteiger partial charge in [0.15, 0.2) is 0 Å². The van der Waals surface area contributed by atoms with Crippen LogP contribution in [0.3, 0.4) is 0 Å². The molecule has 1 saturated heterocycles. The van der Waals surface area contributed by atoms with Gasteiger partial charge in [0.2, 0.25) is 11.8 Å². The highest BCUT2D eigenvalue weighted by molar-refractivity contribution is 6.24. The highest BCUT2D eigenvalue weighted by Gasteiger charge is 2.45. The molecule has 4 amide bonds. The van der Waals surface area contributed by atoms with Crippen LogP contribution in [0.1, 0.15) is 50.2 Å². The molecule has 160 valence electrons. The molecule has 2 aliphatic rings. The molecule has 31 heavy (non-hydrogen) atoms. The Balaban J connectivity index is 1.47. The summed E-state index contributed by atoms with van der Waals surface area (Å²) in [6, 6.07) is 12.4. The van der Waals surface area contributed by atoms with Crippen LogP contribution in [0.15, 0.2) is 42.5 Å². The topological polar surface area (TPSA) is 108 Å². The van der Waals surface area contributed by atoms with Gasteiger partial charge in [-0.05, 0) is 36.2 Å². The Morgan fingerprint density at radius 2 is 1.65 bits per heavy atom. The van der Waals surface area contributed by atoms with Gasteiger partial charge in [-0.2, -0.15) is 0 Å². The molecule has 0 aromatic heterocycles. The number of rotatable bonds is 7. The molecule has 1 atom stereocenters. The number of carbonyl (C=O) groups excluding carboxylic acids is 4. The summed E-state index contributed by atoms with van der Waals surface area (Å²) in [5.74, 6) is -1.96. The summed E-state index contributed by atoms with van der Waals surface area (Å²) in [4.78, 5) is 50.6. The van der Waals surface area contributed by atoms with Crippen molar-refractivity contribution in [3.8, 4) is 0 Å². The minimum absolute atomic E-state index is 0.103. The van der Waals surface area contributed by atoms with Crippen LogP contribution < -0.4 is 16.0 Å². The Hall–Kier alpha value is -3.36. The number of imide groups is 2. The fraction of sp³-hybridized carbons (Fsp3) is 0.304. The number of amides is 4. The molecule has 2 aromatic carbocycles. The van der Waals surface area contributed by atoms with E-state index in [1.165, 1.54) is 5.56 Å². The average molecular weight is 420 g/mol. The number of benzene rings is 2. The van der Waals surface area contributed by atoms with Crippen LogP contribution in [0.25, 0.3) is 0 Å². The normalized spacial score (nSPS) is 18.4. The van der Waals surface area contributed by atoms with Crippen molar-refractivity contribution in [3.05, 3.63) is 70.3 Å². The van der Waals surface area contributed by atoms with Crippen LogP contribution >= 0.6 is 0 Å². The lowest BCUT2D eigenvalue weighted by Gasteiger charge is -2.27. The number of carbonyl (C=O) groups is 4. The maximum absolute atomic E-state index is 13.1. The van der Waals surface area contributed by atoms with E-state index in [0.29, 0.717) is 29.8 Å². The molecule has 0 bridgehead atoms. The van der Waals surface area contributed by atoms with Gasteiger partial charge in [0.05, 0.1) is 11.1 Å². The fourth-order valence-corrected chi connectivity index (χ4v) is 4.05. The molecule has 2 aliphatic heterocycles. The number of piperidine rings is 1. The zero-order valence-electron chi connectivity index (χ0n) is 17.2. The summed E-state index contributed by atoms with van der Waals surface area (Å²) in [5, 5.41) is 8.65. The van der Waals surface area contributed by atoms with Gasteiger partial charge in [-0.1, -0.05) is 36.4 Å². The summed E-state index contributed by atoms with van der Waals surface area (Å²) in [6.07, 6.45) is 0.249. The minimum Gasteiger partial charge on any atom is -0.316 e. The Morgan fingerprint density at radius 3 is 2.32 bits per heavy atom. The molecule has 3 N–H and O–H groups in total. The van der Waals surface area contributed by atoms with Gasteiger partial charge in [-0.25, -0.2) is 0 Å². The van der Waals surface area contributed by atoms with Crippen LogP contribution in [0.2, 0.25) is 0 Å². The molecule has 0 saturated carbocycles. The summed E-state index contributed by atoms with van der Waals surface area (Å²) < 4.78 is 0. The summed E-state index contributed by atoms with van der Waals surface area (Å²) in [5.41, 5.74) is 3.64. The second-order valence-electron chi connectivity index (χ2n) is 7.74. The van der Waals surface area contributed by atoms with E-state index in [4.69, 9.17) is 0 Å². The lowest BCUT2D eigenvalue weighted by Crippen LogP contribution is -2.54. The molecule has 1 fully saturated rings. The van der Waals surface area contributed by atoms with Crippen molar-refractivity contribution in [2.24, 2.45) is 0 Å². The second-order valence-corrected chi connectivity index (χ2v) is 7.74. The first-order valence-electron chi connectivity index (χ1n) is 10.3. The number of nitrogens with zero attached hydrogens (tertiary/aromatic N) is 1. The van der Waals surface area contributed by atoms with Crippen molar-refractivity contribution in [3.63, 3.8) is 0 Å².